The van der Waals surface area contributed by atoms with Gasteiger partial charge in [-0.2, -0.15) is 0 Å². The van der Waals surface area contributed by atoms with Crippen molar-refractivity contribution in [2.75, 3.05) is 5.32 Å². The van der Waals surface area contributed by atoms with E-state index in [0.29, 0.717) is 5.69 Å². The minimum Gasteiger partial charge on any atom is -0.352 e. The van der Waals surface area contributed by atoms with Gasteiger partial charge in [0.2, 0.25) is 5.91 Å². The van der Waals surface area contributed by atoms with Gasteiger partial charge in [-0.05, 0) is 35.7 Å². The number of amides is 3. The fourth-order valence-electron chi connectivity index (χ4n) is 2.95. The molecule has 0 saturated carbocycles. The van der Waals surface area contributed by atoms with Crippen molar-refractivity contribution in [1.82, 2.24) is 10.3 Å². The Morgan fingerprint density at radius 2 is 1.86 bits per heavy atom. The molecule has 3 aromatic rings. The van der Waals surface area contributed by atoms with E-state index in [0.717, 1.165) is 28.9 Å². The number of anilines is 1. The first-order valence-corrected chi connectivity index (χ1v) is 10.1. The van der Waals surface area contributed by atoms with E-state index in [2.05, 4.69) is 21.7 Å². The molecule has 0 saturated heterocycles. The molecule has 146 valence electrons. The number of carbonyl (C=O) groups excluding carboxylic acids is 2. The van der Waals surface area contributed by atoms with Gasteiger partial charge in [-0.15, -0.1) is 11.3 Å². The smallest absolute Gasteiger partial charge is 0.312 e. The summed E-state index contributed by atoms with van der Waals surface area (Å²) in [6.07, 6.45) is 1.49. The van der Waals surface area contributed by atoms with Crippen molar-refractivity contribution < 1.29 is 9.59 Å². The van der Waals surface area contributed by atoms with Crippen LogP contribution in [0.3, 0.4) is 0 Å². The third kappa shape index (κ3) is 4.86. The normalized spacial score (nSPS) is 13.1. The van der Waals surface area contributed by atoms with Crippen molar-refractivity contribution in [2.45, 2.75) is 32.7 Å². The van der Waals surface area contributed by atoms with Crippen molar-refractivity contribution >= 4 is 39.2 Å². The van der Waals surface area contributed by atoms with E-state index < -0.39 is 12.1 Å². The third-order valence-corrected chi connectivity index (χ3v) is 5.74. The average Bonchev–Trinajstić information content (AvgIpc) is 3.09. The summed E-state index contributed by atoms with van der Waals surface area (Å²) in [5, 5.41) is 6.44. The number of nitrogens with one attached hydrogen (secondary N) is 2. The standard InChI is InChI=1S/C21H24N4O2S/c1-3-13(2)19(25-21(22)27)20(26)23-15-10-8-14(9-11-15)12-18-24-16-6-4-5-7-17(16)28-18/h4-11,13,19H,3,12H2,1-2H3,(H,23,26)(H3,22,25,27). The van der Waals surface area contributed by atoms with Crippen molar-refractivity contribution in [3.8, 4) is 0 Å². The number of nitrogens with two attached hydrogens (primary N) is 1. The van der Waals surface area contributed by atoms with Crippen LogP contribution in [-0.4, -0.2) is 23.0 Å². The fourth-order valence-corrected chi connectivity index (χ4v) is 3.95. The maximum Gasteiger partial charge on any atom is 0.312 e. The summed E-state index contributed by atoms with van der Waals surface area (Å²) in [4.78, 5) is 28.4. The Kier molecular flexibility index (Phi) is 6.26. The largest absolute Gasteiger partial charge is 0.352 e. The summed E-state index contributed by atoms with van der Waals surface area (Å²) >= 11 is 1.69. The minimum atomic E-state index is -0.702. The highest BCUT2D eigenvalue weighted by Gasteiger charge is 2.25. The predicted molar refractivity (Wildman–Crippen MR) is 113 cm³/mol. The summed E-state index contributed by atoms with van der Waals surface area (Å²) < 4.78 is 1.18. The zero-order valence-electron chi connectivity index (χ0n) is 15.9. The first-order valence-electron chi connectivity index (χ1n) is 9.26. The Labute approximate surface area is 168 Å². The van der Waals surface area contributed by atoms with Gasteiger partial charge in [-0.25, -0.2) is 9.78 Å². The van der Waals surface area contributed by atoms with Crippen LogP contribution < -0.4 is 16.4 Å². The van der Waals surface area contributed by atoms with E-state index >= 15 is 0 Å². The number of aromatic nitrogens is 1. The molecule has 2 unspecified atom stereocenters. The summed E-state index contributed by atoms with van der Waals surface area (Å²) in [6, 6.07) is 14.4. The molecule has 2 atom stereocenters. The van der Waals surface area contributed by atoms with Gasteiger partial charge >= 0.3 is 6.03 Å². The number of fused-ring (bicyclic) bond motifs is 1. The molecule has 0 aliphatic rings. The molecule has 0 aliphatic heterocycles. The zero-order valence-corrected chi connectivity index (χ0v) is 16.8. The van der Waals surface area contributed by atoms with Crippen LogP contribution in [0.15, 0.2) is 48.5 Å². The highest BCUT2D eigenvalue weighted by molar-refractivity contribution is 7.18. The van der Waals surface area contributed by atoms with Gasteiger partial charge < -0.3 is 16.4 Å². The maximum atomic E-state index is 12.5. The summed E-state index contributed by atoms with van der Waals surface area (Å²) in [5.41, 5.74) is 8.02. The second-order valence-electron chi connectivity index (χ2n) is 6.81. The number of hydrogen-bond acceptors (Lipinski definition) is 4. The second kappa shape index (κ2) is 8.84. The Balaban J connectivity index is 1.66. The number of para-hydroxylation sites is 1. The van der Waals surface area contributed by atoms with E-state index in [-0.39, 0.29) is 11.8 Å². The highest BCUT2D eigenvalue weighted by Crippen LogP contribution is 2.24. The van der Waals surface area contributed by atoms with Crippen LogP contribution in [-0.2, 0) is 11.2 Å². The number of carbonyl (C=O) groups is 2. The van der Waals surface area contributed by atoms with Gasteiger partial charge in [0.15, 0.2) is 0 Å². The topological polar surface area (TPSA) is 97.1 Å². The molecule has 3 amide bonds. The number of urea groups is 1. The Morgan fingerprint density at radius 1 is 1.14 bits per heavy atom. The number of benzene rings is 2. The molecular weight excluding hydrogens is 372 g/mol. The van der Waals surface area contributed by atoms with Crippen molar-refractivity contribution in [1.29, 1.82) is 0 Å². The van der Waals surface area contributed by atoms with Gasteiger partial charge in [0.05, 0.1) is 15.2 Å². The lowest BCUT2D eigenvalue weighted by Gasteiger charge is -2.22. The molecule has 1 aromatic heterocycles. The van der Waals surface area contributed by atoms with Crippen molar-refractivity contribution in [3.05, 3.63) is 59.1 Å². The highest BCUT2D eigenvalue weighted by atomic mass is 32.1. The molecule has 0 aliphatic carbocycles. The van der Waals surface area contributed by atoms with E-state index in [1.807, 2.05) is 56.3 Å². The molecule has 0 radical (unpaired) electrons. The van der Waals surface area contributed by atoms with E-state index in [9.17, 15) is 9.59 Å². The quantitative estimate of drug-likeness (QED) is 0.565. The molecule has 1 heterocycles. The lowest BCUT2D eigenvalue weighted by atomic mass is 9.98. The number of rotatable bonds is 7. The van der Waals surface area contributed by atoms with Gasteiger partial charge in [0.1, 0.15) is 6.04 Å². The average molecular weight is 397 g/mol. The molecule has 0 fully saturated rings. The number of primary amides is 1. The molecule has 6 nitrogen and oxygen atoms in total. The van der Waals surface area contributed by atoms with Crippen LogP contribution in [0, 0.1) is 5.92 Å². The van der Waals surface area contributed by atoms with Crippen LogP contribution in [0.25, 0.3) is 10.2 Å². The number of hydrogen-bond donors (Lipinski definition) is 3. The molecule has 0 spiro atoms. The molecule has 4 N–H and O–H groups in total. The van der Waals surface area contributed by atoms with Gasteiger partial charge in [-0.3, -0.25) is 4.79 Å². The first-order chi connectivity index (χ1) is 13.5. The summed E-state index contributed by atoms with van der Waals surface area (Å²) in [5.74, 6) is -0.294. The molecular formula is C21H24N4O2S. The van der Waals surface area contributed by atoms with Crippen molar-refractivity contribution in [3.63, 3.8) is 0 Å². The second-order valence-corrected chi connectivity index (χ2v) is 7.93. The van der Waals surface area contributed by atoms with Crippen LogP contribution >= 0.6 is 11.3 Å². The Bertz CT molecular complexity index is 935. The monoisotopic (exact) mass is 396 g/mol. The maximum absolute atomic E-state index is 12.5. The Morgan fingerprint density at radius 3 is 2.50 bits per heavy atom. The molecule has 28 heavy (non-hydrogen) atoms. The van der Waals surface area contributed by atoms with Gasteiger partial charge in [0, 0.05) is 12.1 Å². The van der Waals surface area contributed by atoms with E-state index in [1.165, 1.54) is 4.70 Å². The molecule has 2 aromatic carbocycles. The predicted octanol–water partition coefficient (Wildman–Crippen LogP) is 3.91. The zero-order chi connectivity index (χ0) is 20.1. The third-order valence-electron chi connectivity index (χ3n) is 4.71. The molecule has 0 bridgehead atoms. The van der Waals surface area contributed by atoms with Gasteiger partial charge in [0.25, 0.3) is 0 Å². The molecule has 7 heteroatoms. The lowest BCUT2D eigenvalue weighted by molar-refractivity contribution is -0.119. The first kappa shape index (κ1) is 19.8. The number of thiazole rings is 1. The van der Waals surface area contributed by atoms with Gasteiger partial charge in [-0.1, -0.05) is 44.5 Å². The SMILES string of the molecule is CCC(C)C(NC(N)=O)C(=O)Nc1ccc(Cc2nc3ccccc3s2)cc1. The van der Waals surface area contributed by atoms with Crippen LogP contribution in [0.2, 0.25) is 0 Å². The van der Waals surface area contributed by atoms with E-state index in [1.54, 1.807) is 11.3 Å². The Hall–Kier alpha value is -2.93. The fraction of sp³-hybridized carbons (Fsp3) is 0.286. The lowest BCUT2D eigenvalue weighted by Crippen LogP contribution is -2.49. The minimum absolute atomic E-state index is 0.0224. The summed E-state index contributed by atoms with van der Waals surface area (Å²) in [6.45, 7) is 3.87. The van der Waals surface area contributed by atoms with E-state index in [4.69, 9.17) is 5.73 Å². The van der Waals surface area contributed by atoms with Crippen LogP contribution in [0.5, 0.6) is 0 Å². The molecule has 3 rings (SSSR count). The summed E-state index contributed by atoms with van der Waals surface area (Å²) in [7, 11) is 0. The van der Waals surface area contributed by atoms with Crippen LogP contribution in [0.4, 0.5) is 10.5 Å². The van der Waals surface area contributed by atoms with Crippen molar-refractivity contribution in [2.24, 2.45) is 11.7 Å². The number of nitrogens with zero attached hydrogens (tertiary/aromatic N) is 1. The van der Waals surface area contributed by atoms with Crippen LogP contribution in [0.1, 0.15) is 30.8 Å².